The summed E-state index contributed by atoms with van der Waals surface area (Å²) in [4.78, 5) is 23.6. The lowest BCUT2D eigenvalue weighted by Gasteiger charge is -2.11. The van der Waals surface area contributed by atoms with Crippen LogP contribution < -0.4 is 16.0 Å². The van der Waals surface area contributed by atoms with Crippen molar-refractivity contribution in [3.8, 4) is 0 Å². The molecular formula is C15H21N3O2. The van der Waals surface area contributed by atoms with Gasteiger partial charge >= 0.3 is 0 Å². The first-order valence-corrected chi connectivity index (χ1v) is 7.03. The molecule has 1 aliphatic rings. The Kier molecular flexibility index (Phi) is 5.12. The maximum absolute atomic E-state index is 11.9. The minimum absolute atomic E-state index is 0.0207. The van der Waals surface area contributed by atoms with E-state index in [0.29, 0.717) is 18.7 Å². The quantitative estimate of drug-likeness (QED) is 0.689. The number of hydrogen-bond acceptors (Lipinski definition) is 3. The number of amides is 2. The van der Waals surface area contributed by atoms with E-state index in [0.717, 1.165) is 24.9 Å². The molecule has 1 fully saturated rings. The van der Waals surface area contributed by atoms with Gasteiger partial charge in [0.2, 0.25) is 5.91 Å². The molecule has 0 aliphatic carbocycles. The second-order valence-electron chi connectivity index (χ2n) is 5.07. The Morgan fingerprint density at radius 2 is 2.10 bits per heavy atom. The molecular weight excluding hydrogens is 254 g/mol. The van der Waals surface area contributed by atoms with Crippen LogP contribution in [0.2, 0.25) is 0 Å². The van der Waals surface area contributed by atoms with Crippen molar-refractivity contribution >= 4 is 11.8 Å². The number of carbonyl (C=O) groups is 2. The highest BCUT2D eigenvalue weighted by Gasteiger charge is 2.21. The molecule has 108 valence electrons. The SMILES string of the molecule is Cc1cccc(C(=O)NCCNC(=O)C2CCCN2)c1. The number of nitrogens with one attached hydrogen (secondary N) is 3. The smallest absolute Gasteiger partial charge is 0.251 e. The van der Waals surface area contributed by atoms with Gasteiger partial charge in [-0.2, -0.15) is 0 Å². The third-order valence-corrected chi connectivity index (χ3v) is 3.37. The van der Waals surface area contributed by atoms with Gasteiger partial charge in [0, 0.05) is 18.7 Å². The summed E-state index contributed by atoms with van der Waals surface area (Å²) >= 11 is 0. The van der Waals surface area contributed by atoms with Crippen LogP contribution in [0.1, 0.15) is 28.8 Å². The summed E-state index contributed by atoms with van der Waals surface area (Å²) in [6.07, 6.45) is 1.93. The maximum Gasteiger partial charge on any atom is 0.251 e. The summed E-state index contributed by atoms with van der Waals surface area (Å²) in [6.45, 7) is 3.74. The van der Waals surface area contributed by atoms with Crippen molar-refractivity contribution in [1.29, 1.82) is 0 Å². The summed E-state index contributed by atoms with van der Waals surface area (Å²) < 4.78 is 0. The van der Waals surface area contributed by atoms with Crippen LogP contribution in [0.3, 0.4) is 0 Å². The third kappa shape index (κ3) is 4.06. The highest BCUT2D eigenvalue weighted by Crippen LogP contribution is 2.04. The van der Waals surface area contributed by atoms with E-state index >= 15 is 0 Å². The maximum atomic E-state index is 11.9. The predicted octanol–water partition coefficient (Wildman–Crippen LogP) is 0.593. The Balaban J connectivity index is 1.68. The molecule has 1 heterocycles. The molecule has 0 radical (unpaired) electrons. The van der Waals surface area contributed by atoms with Crippen molar-refractivity contribution in [2.45, 2.75) is 25.8 Å². The largest absolute Gasteiger partial charge is 0.353 e. The standard InChI is InChI=1S/C15H21N3O2/c1-11-4-2-5-12(10-11)14(19)17-8-9-18-15(20)13-6-3-7-16-13/h2,4-5,10,13,16H,3,6-9H2,1H3,(H,17,19)(H,18,20). The normalized spacial score (nSPS) is 17.8. The van der Waals surface area contributed by atoms with Gasteiger partial charge in [-0.3, -0.25) is 9.59 Å². The summed E-state index contributed by atoms with van der Waals surface area (Å²) in [5.41, 5.74) is 1.70. The molecule has 2 rings (SSSR count). The lowest BCUT2D eigenvalue weighted by atomic mass is 10.1. The average Bonchev–Trinajstić information content (AvgIpc) is 2.97. The Hall–Kier alpha value is -1.88. The zero-order valence-electron chi connectivity index (χ0n) is 11.7. The Morgan fingerprint density at radius 1 is 1.30 bits per heavy atom. The van der Waals surface area contributed by atoms with Gasteiger partial charge in [0.15, 0.2) is 0 Å². The zero-order valence-corrected chi connectivity index (χ0v) is 11.7. The minimum atomic E-state index is -0.109. The van der Waals surface area contributed by atoms with E-state index in [1.54, 1.807) is 6.07 Å². The Labute approximate surface area is 119 Å². The van der Waals surface area contributed by atoms with Crippen molar-refractivity contribution in [2.75, 3.05) is 19.6 Å². The van der Waals surface area contributed by atoms with E-state index in [1.165, 1.54) is 0 Å². The molecule has 0 bridgehead atoms. The molecule has 2 amide bonds. The highest BCUT2D eigenvalue weighted by atomic mass is 16.2. The number of hydrogen-bond donors (Lipinski definition) is 3. The second kappa shape index (κ2) is 7.05. The summed E-state index contributed by atoms with van der Waals surface area (Å²) in [7, 11) is 0. The van der Waals surface area contributed by atoms with Gasteiger partial charge in [-0.25, -0.2) is 0 Å². The third-order valence-electron chi connectivity index (χ3n) is 3.37. The summed E-state index contributed by atoms with van der Waals surface area (Å²) in [5.74, 6) is -0.0887. The van der Waals surface area contributed by atoms with Gasteiger partial charge in [-0.05, 0) is 38.4 Å². The first kappa shape index (κ1) is 14.5. The predicted molar refractivity (Wildman–Crippen MR) is 77.5 cm³/mol. The van der Waals surface area contributed by atoms with Gasteiger partial charge in [-0.1, -0.05) is 17.7 Å². The highest BCUT2D eigenvalue weighted by molar-refractivity contribution is 5.94. The molecule has 3 N–H and O–H groups in total. The van der Waals surface area contributed by atoms with Crippen LogP contribution in [0.5, 0.6) is 0 Å². The molecule has 1 aromatic rings. The van der Waals surface area contributed by atoms with Crippen LogP contribution in [0.4, 0.5) is 0 Å². The fraction of sp³-hybridized carbons (Fsp3) is 0.467. The van der Waals surface area contributed by atoms with Crippen molar-refractivity contribution in [2.24, 2.45) is 0 Å². The van der Waals surface area contributed by atoms with Gasteiger partial charge in [0.25, 0.3) is 5.91 Å². The molecule has 5 nitrogen and oxygen atoms in total. The first-order valence-electron chi connectivity index (χ1n) is 7.03. The Bertz CT molecular complexity index is 482. The van der Waals surface area contributed by atoms with Crippen molar-refractivity contribution in [1.82, 2.24) is 16.0 Å². The molecule has 1 atom stereocenters. The average molecular weight is 275 g/mol. The molecule has 1 aromatic carbocycles. The van der Waals surface area contributed by atoms with Crippen molar-refractivity contribution < 1.29 is 9.59 Å². The first-order chi connectivity index (χ1) is 9.66. The van der Waals surface area contributed by atoms with Crippen LogP contribution in [0, 0.1) is 6.92 Å². The van der Waals surface area contributed by atoms with E-state index in [2.05, 4.69) is 16.0 Å². The van der Waals surface area contributed by atoms with Crippen LogP contribution >= 0.6 is 0 Å². The summed E-state index contributed by atoms with van der Waals surface area (Å²) in [6, 6.07) is 7.37. The van der Waals surface area contributed by atoms with Crippen molar-refractivity contribution in [3.05, 3.63) is 35.4 Å². The molecule has 0 saturated carbocycles. The van der Waals surface area contributed by atoms with E-state index < -0.39 is 0 Å². The molecule has 1 saturated heterocycles. The van der Waals surface area contributed by atoms with E-state index in [-0.39, 0.29) is 17.9 Å². The zero-order chi connectivity index (χ0) is 14.4. The number of rotatable bonds is 5. The molecule has 1 aliphatic heterocycles. The van der Waals surface area contributed by atoms with Gasteiger partial charge in [0.05, 0.1) is 6.04 Å². The van der Waals surface area contributed by atoms with Crippen LogP contribution in [-0.4, -0.2) is 37.5 Å². The molecule has 0 aromatic heterocycles. The number of carbonyl (C=O) groups excluding carboxylic acids is 2. The lowest BCUT2D eigenvalue weighted by Crippen LogP contribution is -2.43. The minimum Gasteiger partial charge on any atom is -0.353 e. The van der Waals surface area contributed by atoms with Crippen molar-refractivity contribution in [3.63, 3.8) is 0 Å². The molecule has 5 heteroatoms. The fourth-order valence-electron chi connectivity index (χ4n) is 2.28. The molecule has 0 spiro atoms. The Morgan fingerprint density at radius 3 is 2.80 bits per heavy atom. The molecule has 20 heavy (non-hydrogen) atoms. The molecule has 1 unspecified atom stereocenters. The van der Waals surface area contributed by atoms with Crippen LogP contribution in [-0.2, 0) is 4.79 Å². The second-order valence-corrected chi connectivity index (χ2v) is 5.07. The van der Waals surface area contributed by atoms with Crippen LogP contribution in [0.25, 0.3) is 0 Å². The monoisotopic (exact) mass is 275 g/mol. The summed E-state index contributed by atoms with van der Waals surface area (Å²) in [5, 5.41) is 8.76. The number of benzene rings is 1. The van der Waals surface area contributed by atoms with Gasteiger partial charge < -0.3 is 16.0 Å². The number of aryl methyl sites for hydroxylation is 1. The lowest BCUT2D eigenvalue weighted by molar-refractivity contribution is -0.122. The van der Waals surface area contributed by atoms with E-state index in [1.807, 2.05) is 25.1 Å². The van der Waals surface area contributed by atoms with Crippen LogP contribution in [0.15, 0.2) is 24.3 Å². The fourth-order valence-corrected chi connectivity index (χ4v) is 2.28. The van der Waals surface area contributed by atoms with Gasteiger partial charge in [0.1, 0.15) is 0 Å². The van der Waals surface area contributed by atoms with E-state index in [4.69, 9.17) is 0 Å². The van der Waals surface area contributed by atoms with Gasteiger partial charge in [-0.15, -0.1) is 0 Å². The van der Waals surface area contributed by atoms with E-state index in [9.17, 15) is 9.59 Å². The topological polar surface area (TPSA) is 70.2 Å².